The molecule has 102 valence electrons. The Labute approximate surface area is 126 Å². The van der Waals surface area contributed by atoms with Gasteiger partial charge in [0.15, 0.2) is 11.6 Å². The number of hydrogen-bond acceptors (Lipinski definition) is 3. The SMILES string of the molecule is Cl.O=C(Nc1ncccc1Cl)c1cc2ccccc2o1. The molecule has 4 nitrogen and oxygen atoms in total. The number of pyridine rings is 1. The van der Waals surface area contributed by atoms with E-state index in [1.165, 1.54) is 0 Å². The minimum Gasteiger partial charge on any atom is -0.451 e. The Morgan fingerprint density at radius 2 is 2.00 bits per heavy atom. The third-order valence-corrected chi connectivity index (χ3v) is 2.94. The molecule has 2 heterocycles. The van der Waals surface area contributed by atoms with Gasteiger partial charge in [-0.15, -0.1) is 12.4 Å². The van der Waals surface area contributed by atoms with E-state index in [2.05, 4.69) is 10.3 Å². The van der Waals surface area contributed by atoms with Crippen LogP contribution in [0.25, 0.3) is 11.0 Å². The lowest BCUT2D eigenvalue weighted by Gasteiger charge is -2.03. The molecule has 0 spiro atoms. The molecule has 0 unspecified atom stereocenters. The molecule has 1 N–H and O–H groups in total. The predicted octanol–water partition coefficient (Wildman–Crippen LogP) is 4.16. The summed E-state index contributed by atoms with van der Waals surface area (Å²) in [6.07, 6.45) is 1.56. The zero-order chi connectivity index (χ0) is 13.2. The number of carbonyl (C=O) groups excluding carboxylic acids is 1. The number of benzene rings is 1. The van der Waals surface area contributed by atoms with Crippen LogP contribution in [0.5, 0.6) is 0 Å². The minimum atomic E-state index is -0.378. The van der Waals surface area contributed by atoms with Crippen molar-refractivity contribution in [2.75, 3.05) is 5.32 Å². The Bertz CT molecular complexity index is 723. The number of halogens is 2. The molecule has 0 aliphatic heterocycles. The molecular weight excluding hydrogens is 299 g/mol. The van der Waals surface area contributed by atoms with E-state index in [4.69, 9.17) is 16.0 Å². The van der Waals surface area contributed by atoms with Crippen LogP contribution in [0.2, 0.25) is 5.02 Å². The Kier molecular flexibility index (Phi) is 4.27. The third kappa shape index (κ3) is 2.76. The zero-order valence-electron chi connectivity index (χ0n) is 10.2. The summed E-state index contributed by atoms with van der Waals surface area (Å²) in [4.78, 5) is 16.0. The van der Waals surface area contributed by atoms with E-state index < -0.39 is 0 Å². The van der Waals surface area contributed by atoms with Crippen LogP contribution in [0.4, 0.5) is 5.82 Å². The van der Waals surface area contributed by atoms with E-state index >= 15 is 0 Å². The Morgan fingerprint density at radius 1 is 1.20 bits per heavy atom. The van der Waals surface area contributed by atoms with Crippen molar-refractivity contribution in [3.8, 4) is 0 Å². The highest BCUT2D eigenvalue weighted by Crippen LogP contribution is 2.21. The number of furan rings is 1. The molecule has 0 saturated carbocycles. The summed E-state index contributed by atoms with van der Waals surface area (Å²) in [5.41, 5.74) is 0.666. The summed E-state index contributed by atoms with van der Waals surface area (Å²) in [5, 5.41) is 3.87. The Morgan fingerprint density at radius 3 is 2.75 bits per heavy atom. The van der Waals surface area contributed by atoms with Gasteiger partial charge in [-0.05, 0) is 24.3 Å². The fraction of sp³-hybridized carbons (Fsp3) is 0. The van der Waals surface area contributed by atoms with Gasteiger partial charge in [-0.25, -0.2) is 4.98 Å². The zero-order valence-corrected chi connectivity index (χ0v) is 11.7. The smallest absolute Gasteiger partial charge is 0.292 e. The van der Waals surface area contributed by atoms with E-state index in [0.717, 1.165) is 5.39 Å². The average Bonchev–Trinajstić information content (AvgIpc) is 2.85. The van der Waals surface area contributed by atoms with Gasteiger partial charge in [0.1, 0.15) is 5.58 Å². The highest BCUT2D eigenvalue weighted by molar-refractivity contribution is 6.33. The molecule has 0 bridgehead atoms. The van der Waals surface area contributed by atoms with E-state index in [9.17, 15) is 4.79 Å². The molecule has 2 aromatic heterocycles. The van der Waals surface area contributed by atoms with Crippen molar-refractivity contribution >= 4 is 46.7 Å². The summed E-state index contributed by atoms with van der Waals surface area (Å²) in [5.74, 6) is 0.161. The molecule has 1 aromatic carbocycles. The van der Waals surface area contributed by atoms with E-state index in [0.29, 0.717) is 16.4 Å². The van der Waals surface area contributed by atoms with Gasteiger partial charge in [0.2, 0.25) is 0 Å². The second-order valence-electron chi connectivity index (χ2n) is 3.94. The molecule has 0 aliphatic rings. The van der Waals surface area contributed by atoms with Crippen LogP contribution in [-0.2, 0) is 0 Å². The maximum absolute atomic E-state index is 12.0. The van der Waals surface area contributed by atoms with Crippen molar-refractivity contribution in [1.82, 2.24) is 4.98 Å². The molecule has 20 heavy (non-hydrogen) atoms. The molecule has 6 heteroatoms. The van der Waals surface area contributed by atoms with Gasteiger partial charge >= 0.3 is 0 Å². The van der Waals surface area contributed by atoms with Crippen LogP contribution in [0.3, 0.4) is 0 Å². The number of aromatic nitrogens is 1. The number of amides is 1. The minimum absolute atomic E-state index is 0. The lowest BCUT2D eigenvalue weighted by atomic mass is 10.2. The van der Waals surface area contributed by atoms with Crippen molar-refractivity contribution < 1.29 is 9.21 Å². The average molecular weight is 309 g/mol. The van der Waals surface area contributed by atoms with Crippen molar-refractivity contribution in [3.05, 3.63) is 59.4 Å². The predicted molar refractivity (Wildman–Crippen MR) is 80.7 cm³/mol. The number of hydrogen-bond donors (Lipinski definition) is 1. The number of nitrogens with one attached hydrogen (secondary N) is 1. The molecule has 1 amide bonds. The summed E-state index contributed by atoms with van der Waals surface area (Å²) < 4.78 is 5.46. The van der Waals surface area contributed by atoms with E-state index in [1.54, 1.807) is 30.5 Å². The molecular formula is C14H10Cl2N2O2. The van der Waals surface area contributed by atoms with Gasteiger partial charge in [0.05, 0.1) is 5.02 Å². The molecule has 0 atom stereocenters. The first kappa shape index (κ1) is 14.4. The van der Waals surface area contributed by atoms with Gasteiger partial charge < -0.3 is 9.73 Å². The Hall–Kier alpha value is -2.04. The number of carbonyl (C=O) groups is 1. The van der Waals surface area contributed by atoms with Gasteiger partial charge in [-0.2, -0.15) is 0 Å². The number of nitrogens with zero attached hydrogens (tertiary/aromatic N) is 1. The maximum atomic E-state index is 12.0. The van der Waals surface area contributed by atoms with Crippen LogP contribution in [0, 0.1) is 0 Å². The first-order valence-electron chi connectivity index (χ1n) is 5.64. The molecule has 0 aliphatic carbocycles. The van der Waals surface area contributed by atoms with Crippen molar-refractivity contribution in [2.24, 2.45) is 0 Å². The Balaban J connectivity index is 0.00000147. The molecule has 3 aromatic rings. The van der Waals surface area contributed by atoms with Crippen LogP contribution in [0.1, 0.15) is 10.6 Å². The highest BCUT2D eigenvalue weighted by atomic mass is 35.5. The quantitative estimate of drug-likeness (QED) is 0.773. The molecule has 3 rings (SSSR count). The largest absolute Gasteiger partial charge is 0.451 e. The standard InChI is InChI=1S/C14H9ClN2O2.ClH/c15-10-5-3-7-16-13(10)17-14(18)12-8-9-4-1-2-6-11(9)19-12;/h1-8H,(H,16,17,18);1H. The van der Waals surface area contributed by atoms with E-state index in [1.807, 2.05) is 18.2 Å². The summed E-state index contributed by atoms with van der Waals surface area (Å²) in [7, 11) is 0. The molecule has 0 fully saturated rings. The maximum Gasteiger partial charge on any atom is 0.292 e. The summed E-state index contributed by atoms with van der Waals surface area (Å²) in [6.45, 7) is 0. The monoisotopic (exact) mass is 308 g/mol. The fourth-order valence-electron chi connectivity index (χ4n) is 1.74. The fourth-order valence-corrected chi connectivity index (χ4v) is 1.91. The second-order valence-corrected chi connectivity index (χ2v) is 4.34. The van der Waals surface area contributed by atoms with E-state index in [-0.39, 0.29) is 24.1 Å². The normalized spacial score (nSPS) is 10.1. The lowest BCUT2D eigenvalue weighted by molar-refractivity contribution is 0.0998. The number of fused-ring (bicyclic) bond motifs is 1. The number of anilines is 1. The van der Waals surface area contributed by atoms with Crippen LogP contribution in [-0.4, -0.2) is 10.9 Å². The van der Waals surface area contributed by atoms with Crippen molar-refractivity contribution in [2.45, 2.75) is 0 Å². The van der Waals surface area contributed by atoms with Crippen LogP contribution in [0.15, 0.2) is 53.1 Å². The third-order valence-electron chi connectivity index (χ3n) is 2.64. The van der Waals surface area contributed by atoms with Gasteiger partial charge in [-0.3, -0.25) is 4.79 Å². The lowest BCUT2D eigenvalue weighted by Crippen LogP contribution is -2.12. The van der Waals surface area contributed by atoms with Crippen molar-refractivity contribution in [1.29, 1.82) is 0 Å². The second kappa shape index (κ2) is 5.94. The first-order valence-corrected chi connectivity index (χ1v) is 6.02. The molecule has 0 saturated heterocycles. The van der Waals surface area contributed by atoms with Crippen LogP contribution < -0.4 is 5.32 Å². The number of rotatable bonds is 2. The van der Waals surface area contributed by atoms with Crippen LogP contribution >= 0.6 is 24.0 Å². The topological polar surface area (TPSA) is 55.1 Å². The van der Waals surface area contributed by atoms with Gasteiger partial charge in [0.25, 0.3) is 5.91 Å². The highest BCUT2D eigenvalue weighted by Gasteiger charge is 2.13. The summed E-state index contributed by atoms with van der Waals surface area (Å²) >= 11 is 5.93. The van der Waals surface area contributed by atoms with Gasteiger partial charge in [0, 0.05) is 11.6 Å². The first-order chi connectivity index (χ1) is 9.24. The number of para-hydroxylation sites is 1. The van der Waals surface area contributed by atoms with Gasteiger partial charge in [-0.1, -0.05) is 29.8 Å². The summed E-state index contributed by atoms with van der Waals surface area (Å²) in [6, 6.07) is 12.4. The molecule has 0 radical (unpaired) electrons. The van der Waals surface area contributed by atoms with Crippen molar-refractivity contribution in [3.63, 3.8) is 0 Å².